The molecular formula is C25H25NO4. The molecule has 3 rings (SSSR count). The summed E-state index contributed by atoms with van der Waals surface area (Å²) in [4.78, 5) is 24.4. The molecule has 1 amide bonds. The van der Waals surface area contributed by atoms with Gasteiger partial charge in [0.2, 0.25) is 5.91 Å². The van der Waals surface area contributed by atoms with Crippen LogP contribution in [0.5, 0.6) is 5.75 Å². The Kier molecular flexibility index (Phi) is 7.61. The third-order valence-corrected chi connectivity index (χ3v) is 4.66. The van der Waals surface area contributed by atoms with E-state index in [4.69, 9.17) is 9.47 Å². The van der Waals surface area contributed by atoms with Crippen LogP contribution >= 0.6 is 0 Å². The highest BCUT2D eigenvalue weighted by atomic mass is 16.5. The Bertz CT molecular complexity index is 971. The van der Waals surface area contributed by atoms with Crippen LogP contribution in [0.1, 0.15) is 33.5 Å². The molecule has 0 aliphatic heterocycles. The minimum absolute atomic E-state index is 0.0390. The molecule has 0 bridgehead atoms. The van der Waals surface area contributed by atoms with Gasteiger partial charge in [0.15, 0.2) is 0 Å². The molecule has 1 N–H and O–H groups in total. The van der Waals surface area contributed by atoms with E-state index in [1.807, 2.05) is 66.7 Å². The first-order valence-corrected chi connectivity index (χ1v) is 9.84. The molecule has 3 aromatic carbocycles. The van der Waals surface area contributed by atoms with Crippen molar-refractivity contribution in [2.75, 3.05) is 7.11 Å². The first-order valence-electron chi connectivity index (χ1n) is 9.84. The van der Waals surface area contributed by atoms with Gasteiger partial charge in [-0.05, 0) is 35.2 Å². The van der Waals surface area contributed by atoms with Crippen LogP contribution in [0, 0.1) is 0 Å². The van der Waals surface area contributed by atoms with E-state index in [-0.39, 0.29) is 5.91 Å². The summed E-state index contributed by atoms with van der Waals surface area (Å²) in [7, 11) is 1.34. The molecule has 0 aliphatic carbocycles. The van der Waals surface area contributed by atoms with Crippen molar-refractivity contribution >= 4 is 11.9 Å². The Morgan fingerprint density at radius 3 is 2.17 bits per heavy atom. The predicted octanol–water partition coefficient (Wildman–Crippen LogP) is 4.30. The summed E-state index contributed by atoms with van der Waals surface area (Å²) in [5, 5.41) is 2.91. The quantitative estimate of drug-likeness (QED) is 0.541. The SMILES string of the molecule is COC(=O)c1cc(CCC(=O)NCc2ccccc2)ccc1OCc1ccccc1. The Morgan fingerprint density at radius 2 is 1.50 bits per heavy atom. The molecule has 0 atom stereocenters. The standard InChI is InChI=1S/C25H25NO4/c1-29-25(28)22-16-19(12-14-23(22)30-18-21-10-6-3-7-11-21)13-15-24(27)26-17-20-8-4-2-5-9-20/h2-12,14,16H,13,15,17-18H2,1H3,(H,26,27). The van der Waals surface area contributed by atoms with Gasteiger partial charge in [-0.1, -0.05) is 66.7 Å². The molecular weight excluding hydrogens is 378 g/mol. The number of hydrogen-bond acceptors (Lipinski definition) is 4. The van der Waals surface area contributed by atoms with Gasteiger partial charge in [0.1, 0.15) is 17.9 Å². The van der Waals surface area contributed by atoms with Gasteiger partial charge in [0, 0.05) is 13.0 Å². The van der Waals surface area contributed by atoms with Gasteiger partial charge in [-0.2, -0.15) is 0 Å². The van der Waals surface area contributed by atoms with Gasteiger partial charge >= 0.3 is 5.97 Å². The van der Waals surface area contributed by atoms with Crippen molar-refractivity contribution in [3.05, 3.63) is 101 Å². The maximum Gasteiger partial charge on any atom is 0.341 e. The van der Waals surface area contributed by atoms with E-state index in [1.165, 1.54) is 7.11 Å². The molecule has 0 radical (unpaired) electrons. The zero-order chi connectivity index (χ0) is 21.2. The molecule has 5 nitrogen and oxygen atoms in total. The summed E-state index contributed by atoms with van der Waals surface area (Å²) < 4.78 is 10.7. The van der Waals surface area contributed by atoms with E-state index in [2.05, 4.69) is 5.32 Å². The Hall–Kier alpha value is -3.60. The van der Waals surface area contributed by atoms with Crippen LogP contribution in [0.25, 0.3) is 0 Å². The largest absolute Gasteiger partial charge is 0.488 e. The molecule has 0 aliphatic rings. The summed E-state index contributed by atoms with van der Waals surface area (Å²) in [5.74, 6) is -0.0423. The van der Waals surface area contributed by atoms with E-state index in [0.717, 1.165) is 16.7 Å². The summed E-state index contributed by atoms with van der Waals surface area (Å²) in [5.41, 5.74) is 3.29. The van der Waals surface area contributed by atoms with Crippen molar-refractivity contribution in [2.45, 2.75) is 26.0 Å². The van der Waals surface area contributed by atoms with Crippen LogP contribution in [0.2, 0.25) is 0 Å². The highest BCUT2D eigenvalue weighted by molar-refractivity contribution is 5.92. The molecule has 5 heteroatoms. The minimum atomic E-state index is -0.464. The topological polar surface area (TPSA) is 64.6 Å². The van der Waals surface area contributed by atoms with Crippen LogP contribution in [-0.2, 0) is 29.1 Å². The van der Waals surface area contributed by atoms with Crippen LogP contribution in [0.3, 0.4) is 0 Å². The fourth-order valence-electron chi connectivity index (χ4n) is 3.01. The number of aryl methyl sites for hydroxylation is 1. The van der Waals surface area contributed by atoms with Crippen molar-refractivity contribution in [1.29, 1.82) is 0 Å². The lowest BCUT2D eigenvalue weighted by Gasteiger charge is -2.12. The number of methoxy groups -OCH3 is 1. The molecule has 0 fully saturated rings. The number of nitrogens with one attached hydrogen (secondary N) is 1. The smallest absolute Gasteiger partial charge is 0.341 e. The molecule has 0 unspecified atom stereocenters. The van der Waals surface area contributed by atoms with E-state index < -0.39 is 5.97 Å². The third-order valence-electron chi connectivity index (χ3n) is 4.66. The lowest BCUT2D eigenvalue weighted by Crippen LogP contribution is -2.23. The summed E-state index contributed by atoms with van der Waals surface area (Å²) in [6.45, 7) is 0.853. The molecule has 0 saturated heterocycles. The number of hydrogen-bond donors (Lipinski definition) is 1. The fourth-order valence-corrected chi connectivity index (χ4v) is 3.01. The van der Waals surface area contributed by atoms with Crippen molar-refractivity contribution in [3.8, 4) is 5.75 Å². The second-order valence-electron chi connectivity index (χ2n) is 6.86. The molecule has 0 spiro atoms. The van der Waals surface area contributed by atoms with Gasteiger partial charge in [0.25, 0.3) is 0 Å². The van der Waals surface area contributed by atoms with Crippen molar-refractivity contribution < 1.29 is 19.1 Å². The summed E-state index contributed by atoms with van der Waals surface area (Å²) in [6.07, 6.45) is 0.848. The predicted molar refractivity (Wildman–Crippen MR) is 115 cm³/mol. The van der Waals surface area contributed by atoms with E-state index in [0.29, 0.717) is 37.3 Å². The third kappa shape index (κ3) is 6.21. The number of ether oxygens (including phenoxy) is 2. The first-order chi connectivity index (χ1) is 14.7. The van der Waals surface area contributed by atoms with Crippen LogP contribution in [-0.4, -0.2) is 19.0 Å². The first kappa shape index (κ1) is 21.1. The van der Waals surface area contributed by atoms with Crippen molar-refractivity contribution in [1.82, 2.24) is 5.32 Å². The van der Waals surface area contributed by atoms with Crippen molar-refractivity contribution in [2.24, 2.45) is 0 Å². The molecule has 0 aromatic heterocycles. The van der Waals surface area contributed by atoms with Gasteiger partial charge < -0.3 is 14.8 Å². The van der Waals surface area contributed by atoms with Crippen LogP contribution in [0.15, 0.2) is 78.9 Å². The van der Waals surface area contributed by atoms with Gasteiger partial charge in [-0.25, -0.2) is 4.79 Å². The Labute approximate surface area is 176 Å². The van der Waals surface area contributed by atoms with Gasteiger partial charge in [-0.3, -0.25) is 4.79 Å². The van der Waals surface area contributed by atoms with Crippen LogP contribution in [0.4, 0.5) is 0 Å². The number of rotatable bonds is 9. The summed E-state index contributed by atoms with van der Waals surface area (Å²) >= 11 is 0. The lowest BCUT2D eigenvalue weighted by atomic mass is 10.0. The maximum atomic E-state index is 12.2. The highest BCUT2D eigenvalue weighted by Gasteiger charge is 2.15. The number of esters is 1. The Balaban J connectivity index is 1.59. The number of benzene rings is 3. The second-order valence-corrected chi connectivity index (χ2v) is 6.86. The van der Waals surface area contributed by atoms with E-state index in [1.54, 1.807) is 12.1 Å². The summed E-state index contributed by atoms with van der Waals surface area (Å²) in [6, 6.07) is 24.9. The van der Waals surface area contributed by atoms with E-state index >= 15 is 0 Å². The number of carbonyl (C=O) groups excluding carboxylic acids is 2. The molecule has 3 aromatic rings. The normalized spacial score (nSPS) is 10.3. The van der Waals surface area contributed by atoms with Crippen LogP contribution < -0.4 is 10.1 Å². The van der Waals surface area contributed by atoms with Gasteiger partial charge in [0.05, 0.1) is 7.11 Å². The monoisotopic (exact) mass is 403 g/mol. The molecule has 0 heterocycles. The second kappa shape index (κ2) is 10.8. The number of carbonyl (C=O) groups is 2. The van der Waals surface area contributed by atoms with Gasteiger partial charge in [-0.15, -0.1) is 0 Å². The fraction of sp³-hybridized carbons (Fsp3) is 0.200. The minimum Gasteiger partial charge on any atom is -0.488 e. The van der Waals surface area contributed by atoms with E-state index in [9.17, 15) is 9.59 Å². The average Bonchev–Trinajstić information content (AvgIpc) is 2.81. The maximum absolute atomic E-state index is 12.2. The Morgan fingerprint density at radius 1 is 0.833 bits per heavy atom. The average molecular weight is 403 g/mol. The molecule has 0 saturated carbocycles. The highest BCUT2D eigenvalue weighted by Crippen LogP contribution is 2.23. The zero-order valence-electron chi connectivity index (χ0n) is 17.0. The lowest BCUT2D eigenvalue weighted by molar-refractivity contribution is -0.121. The zero-order valence-corrected chi connectivity index (χ0v) is 17.0. The molecule has 154 valence electrons. The number of amides is 1. The van der Waals surface area contributed by atoms with Crippen molar-refractivity contribution in [3.63, 3.8) is 0 Å². The molecule has 30 heavy (non-hydrogen) atoms.